The molecule has 1 saturated heterocycles. The molecule has 172 valence electrons. The first-order chi connectivity index (χ1) is 15.5. The van der Waals surface area contributed by atoms with Gasteiger partial charge in [0.25, 0.3) is 0 Å². The van der Waals surface area contributed by atoms with Gasteiger partial charge in [0.1, 0.15) is 11.6 Å². The maximum absolute atomic E-state index is 11.4. The van der Waals surface area contributed by atoms with E-state index in [2.05, 4.69) is 23.3 Å². The van der Waals surface area contributed by atoms with Crippen molar-refractivity contribution < 1.29 is 4.74 Å². The van der Waals surface area contributed by atoms with Crippen LogP contribution in [0.3, 0.4) is 0 Å². The standard InChI is InChI=1S/C26H36N4O2/c1-25(29-31)9-8-19-18(10-25)2-3-21-20(19)4-5-23-22(21)6-7-24(23)26(15-32-16-26)14-30-13-17(11-27)12-28-30/h12-13,18-24H,2-10,14-16H2,1H3/t18?,19?,20?,21?,22-,23?,24?,25+/m0/s1. The molecule has 4 saturated carbocycles. The zero-order valence-corrected chi connectivity index (χ0v) is 19.3. The number of nitroso groups, excluding NO2 is 1. The monoisotopic (exact) mass is 436 g/mol. The summed E-state index contributed by atoms with van der Waals surface area (Å²) < 4.78 is 7.79. The third-order valence-electron chi connectivity index (χ3n) is 10.6. The van der Waals surface area contributed by atoms with E-state index in [9.17, 15) is 10.2 Å². The normalized spacial score (nSPS) is 44.4. The van der Waals surface area contributed by atoms with E-state index < -0.39 is 0 Å². The molecule has 0 radical (unpaired) electrons. The quantitative estimate of drug-likeness (QED) is 0.610. The lowest BCUT2D eigenvalue weighted by Crippen LogP contribution is -2.54. The fourth-order valence-corrected chi connectivity index (χ4v) is 9.20. The Labute approximate surface area is 191 Å². The summed E-state index contributed by atoms with van der Waals surface area (Å²) in [6.07, 6.45) is 14.9. The molecule has 0 spiro atoms. The highest BCUT2D eigenvalue weighted by molar-refractivity contribution is 5.21. The molecule has 8 atom stereocenters. The topological polar surface area (TPSA) is 80.3 Å². The van der Waals surface area contributed by atoms with E-state index >= 15 is 0 Å². The summed E-state index contributed by atoms with van der Waals surface area (Å²) in [7, 11) is 0. The highest BCUT2D eigenvalue weighted by Crippen LogP contribution is 2.63. The molecule has 6 nitrogen and oxygen atoms in total. The third kappa shape index (κ3) is 3.18. The smallest absolute Gasteiger partial charge is 0.102 e. The van der Waals surface area contributed by atoms with Gasteiger partial charge in [-0.2, -0.15) is 15.3 Å². The molecule has 5 aliphatic rings. The van der Waals surface area contributed by atoms with E-state index in [4.69, 9.17) is 4.74 Å². The van der Waals surface area contributed by atoms with Crippen LogP contribution in [0.2, 0.25) is 0 Å². The largest absolute Gasteiger partial charge is 0.380 e. The van der Waals surface area contributed by atoms with Crippen LogP contribution in [0, 0.1) is 63.1 Å². The zero-order valence-electron chi connectivity index (χ0n) is 19.3. The number of ether oxygens (including phenoxy) is 1. The lowest BCUT2D eigenvalue weighted by atomic mass is 9.51. The van der Waals surface area contributed by atoms with Gasteiger partial charge < -0.3 is 4.74 Å². The summed E-state index contributed by atoms with van der Waals surface area (Å²) >= 11 is 0. The molecule has 6 unspecified atom stereocenters. The van der Waals surface area contributed by atoms with Gasteiger partial charge in [-0.1, -0.05) is 5.18 Å². The summed E-state index contributed by atoms with van der Waals surface area (Å²) in [5.74, 6) is 5.75. The number of nitrogens with zero attached hydrogens (tertiary/aromatic N) is 4. The highest BCUT2D eigenvalue weighted by Gasteiger charge is 2.58. The minimum Gasteiger partial charge on any atom is -0.380 e. The van der Waals surface area contributed by atoms with Crippen molar-refractivity contribution in [2.45, 2.75) is 76.8 Å². The lowest BCUT2D eigenvalue weighted by molar-refractivity contribution is -0.171. The molecule has 0 N–H and O–H groups in total. The molecular weight excluding hydrogens is 400 g/mol. The Balaban J connectivity index is 1.18. The second-order valence-electron chi connectivity index (χ2n) is 12.1. The van der Waals surface area contributed by atoms with Gasteiger partial charge in [-0.15, -0.1) is 0 Å². The average molecular weight is 437 g/mol. The molecule has 1 aliphatic heterocycles. The van der Waals surface area contributed by atoms with E-state index in [0.29, 0.717) is 5.56 Å². The summed E-state index contributed by atoms with van der Waals surface area (Å²) in [5.41, 5.74) is 0.540. The van der Waals surface area contributed by atoms with Crippen LogP contribution in [0.25, 0.3) is 0 Å². The molecule has 0 aromatic carbocycles. The molecular formula is C26H36N4O2. The zero-order chi connectivity index (χ0) is 21.9. The average Bonchev–Trinajstić information content (AvgIpc) is 3.42. The Morgan fingerprint density at radius 2 is 1.81 bits per heavy atom. The second-order valence-corrected chi connectivity index (χ2v) is 12.1. The van der Waals surface area contributed by atoms with Crippen molar-refractivity contribution in [2.75, 3.05) is 13.2 Å². The molecule has 1 aromatic heterocycles. The predicted octanol–water partition coefficient (Wildman–Crippen LogP) is 5.18. The SMILES string of the molecule is C[C@@]1(N=O)CCC2C(CCC3C2CCC2C(C4(Cn5cc(C#N)cn5)COC4)CC[C@@H]32)C1. The first-order valence-electron chi connectivity index (χ1n) is 12.9. The summed E-state index contributed by atoms with van der Waals surface area (Å²) in [6.45, 7) is 4.66. The van der Waals surface area contributed by atoms with Gasteiger partial charge in [0.2, 0.25) is 0 Å². The lowest BCUT2D eigenvalue weighted by Gasteiger charge is -2.55. The van der Waals surface area contributed by atoms with Gasteiger partial charge >= 0.3 is 0 Å². The minimum absolute atomic E-state index is 0.199. The van der Waals surface area contributed by atoms with Crippen LogP contribution in [-0.4, -0.2) is 28.5 Å². The van der Waals surface area contributed by atoms with Gasteiger partial charge in [0.05, 0.1) is 31.5 Å². The van der Waals surface area contributed by atoms with Crippen LogP contribution in [-0.2, 0) is 11.3 Å². The van der Waals surface area contributed by atoms with Crippen molar-refractivity contribution in [3.8, 4) is 6.07 Å². The van der Waals surface area contributed by atoms with E-state index in [1.807, 2.05) is 10.9 Å². The molecule has 0 bridgehead atoms. The van der Waals surface area contributed by atoms with Crippen LogP contribution in [0.15, 0.2) is 17.6 Å². The Kier molecular flexibility index (Phi) is 4.98. The van der Waals surface area contributed by atoms with E-state index in [-0.39, 0.29) is 11.0 Å². The first-order valence-corrected chi connectivity index (χ1v) is 12.9. The number of aromatic nitrogens is 2. The van der Waals surface area contributed by atoms with Gasteiger partial charge in [-0.3, -0.25) is 4.68 Å². The number of hydrogen-bond acceptors (Lipinski definition) is 5. The predicted molar refractivity (Wildman–Crippen MR) is 120 cm³/mol. The van der Waals surface area contributed by atoms with Crippen molar-refractivity contribution in [1.82, 2.24) is 9.78 Å². The summed E-state index contributed by atoms with van der Waals surface area (Å²) in [5, 5.41) is 17.2. The van der Waals surface area contributed by atoms with Crippen LogP contribution in [0.5, 0.6) is 0 Å². The van der Waals surface area contributed by atoms with Crippen molar-refractivity contribution in [3.05, 3.63) is 22.9 Å². The minimum atomic E-state index is -0.307. The fraction of sp³-hybridized carbons (Fsp3) is 0.846. The molecule has 2 heterocycles. The fourth-order valence-electron chi connectivity index (χ4n) is 9.20. The number of rotatable bonds is 4. The number of nitriles is 1. The van der Waals surface area contributed by atoms with Gasteiger partial charge in [-0.05, 0) is 106 Å². The van der Waals surface area contributed by atoms with E-state index in [1.165, 1.54) is 44.9 Å². The van der Waals surface area contributed by atoms with E-state index in [1.54, 1.807) is 6.20 Å². The molecule has 4 aliphatic carbocycles. The second kappa shape index (κ2) is 7.65. The van der Waals surface area contributed by atoms with Crippen LogP contribution in [0.4, 0.5) is 0 Å². The molecule has 1 aromatic rings. The van der Waals surface area contributed by atoms with Crippen molar-refractivity contribution in [1.29, 1.82) is 5.26 Å². The maximum Gasteiger partial charge on any atom is 0.102 e. The Morgan fingerprint density at radius 3 is 2.53 bits per heavy atom. The number of fused-ring (bicyclic) bond motifs is 5. The van der Waals surface area contributed by atoms with E-state index in [0.717, 1.165) is 74.0 Å². The van der Waals surface area contributed by atoms with Crippen LogP contribution in [0.1, 0.15) is 70.3 Å². The molecule has 5 fully saturated rings. The Bertz CT molecular complexity index is 917. The van der Waals surface area contributed by atoms with Crippen LogP contribution < -0.4 is 0 Å². The highest BCUT2D eigenvalue weighted by atomic mass is 16.5. The molecule has 6 rings (SSSR count). The van der Waals surface area contributed by atoms with Crippen molar-refractivity contribution in [2.24, 2.45) is 52.0 Å². The maximum atomic E-state index is 11.4. The van der Waals surface area contributed by atoms with Gasteiger partial charge in [0, 0.05) is 11.6 Å². The summed E-state index contributed by atoms with van der Waals surface area (Å²) in [6, 6.07) is 2.21. The third-order valence-corrected chi connectivity index (χ3v) is 10.6. The molecule has 6 heteroatoms. The van der Waals surface area contributed by atoms with Gasteiger partial charge in [0.15, 0.2) is 0 Å². The van der Waals surface area contributed by atoms with Crippen LogP contribution >= 0.6 is 0 Å². The van der Waals surface area contributed by atoms with Gasteiger partial charge in [-0.25, -0.2) is 0 Å². The Morgan fingerprint density at radius 1 is 1.09 bits per heavy atom. The summed E-state index contributed by atoms with van der Waals surface area (Å²) in [4.78, 5) is 11.4. The molecule has 0 amide bonds. The van der Waals surface area contributed by atoms with Crippen molar-refractivity contribution >= 4 is 0 Å². The molecule has 32 heavy (non-hydrogen) atoms. The first kappa shape index (κ1) is 20.8. The van der Waals surface area contributed by atoms with Crippen molar-refractivity contribution in [3.63, 3.8) is 0 Å². The number of hydrogen-bond donors (Lipinski definition) is 0. The Hall–Kier alpha value is -1.74.